The third-order valence-corrected chi connectivity index (χ3v) is 2.94. The summed E-state index contributed by atoms with van der Waals surface area (Å²) in [5.74, 6) is 0. The molecule has 0 spiro atoms. The fourth-order valence-electron chi connectivity index (χ4n) is 1.90. The highest BCUT2D eigenvalue weighted by atomic mass is 16.5. The van der Waals surface area contributed by atoms with E-state index in [1.807, 2.05) is 0 Å². The molecular formula is C14H24N2O. The van der Waals surface area contributed by atoms with Gasteiger partial charge in [0.05, 0.1) is 0 Å². The van der Waals surface area contributed by atoms with E-state index in [0.717, 1.165) is 13.0 Å². The zero-order valence-corrected chi connectivity index (χ0v) is 11.6. The summed E-state index contributed by atoms with van der Waals surface area (Å²) in [4.78, 5) is 2.14. The monoisotopic (exact) mass is 236 g/mol. The molecule has 0 aromatic heterocycles. The van der Waals surface area contributed by atoms with E-state index in [2.05, 4.69) is 56.4 Å². The Balaban J connectivity index is 2.74. The summed E-state index contributed by atoms with van der Waals surface area (Å²) in [6.45, 7) is 5.13. The van der Waals surface area contributed by atoms with Gasteiger partial charge < -0.3 is 15.0 Å². The molecule has 1 aromatic carbocycles. The Morgan fingerprint density at radius 3 is 2.65 bits per heavy atom. The Labute approximate surface area is 105 Å². The summed E-state index contributed by atoms with van der Waals surface area (Å²) in [5, 5.41) is 3.53. The van der Waals surface area contributed by atoms with Gasteiger partial charge in [0.1, 0.15) is 0 Å². The number of rotatable bonds is 6. The number of benzene rings is 1. The summed E-state index contributed by atoms with van der Waals surface area (Å²) in [6.07, 6.45) is 1.02. The van der Waals surface area contributed by atoms with Crippen LogP contribution in [0.4, 0.5) is 11.4 Å². The van der Waals surface area contributed by atoms with Crippen molar-refractivity contribution in [2.24, 2.45) is 0 Å². The summed E-state index contributed by atoms with van der Waals surface area (Å²) in [6, 6.07) is 6.78. The summed E-state index contributed by atoms with van der Waals surface area (Å²) in [5.41, 5.74) is 3.76. The lowest BCUT2D eigenvalue weighted by Crippen LogP contribution is -2.19. The van der Waals surface area contributed by atoms with Crippen LogP contribution in [0, 0.1) is 6.92 Å². The van der Waals surface area contributed by atoms with E-state index in [9.17, 15) is 0 Å². The Morgan fingerprint density at radius 1 is 1.35 bits per heavy atom. The van der Waals surface area contributed by atoms with Crippen molar-refractivity contribution < 1.29 is 4.74 Å². The molecule has 0 saturated heterocycles. The minimum absolute atomic E-state index is 0.422. The quantitative estimate of drug-likeness (QED) is 0.822. The molecule has 1 rings (SSSR count). The van der Waals surface area contributed by atoms with Crippen molar-refractivity contribution in [1.82, 2.24) is 0 Å². The first-order chi connectivity index (χ1) is 8.06. The van der Waals surface area contributed by atoms with Gasteiger partial charge in [-0.2, -0.15) is 0 Å². The first-order valence-corrected chi connectivity index (χ1v) is 6.08. The molecular weight excluding hydrogens is 212 g/mol. The highest BCUT2D eigenvalue weighted by molar-refractivity contribution is 5.65. The average molecular weight is 236 g/mol. The van der Waals surface area contributed by atoms with E-state index in [0.29, 0.717) is 6.04 Å². The molecule has 17 heavy (non-hydrogen) atoms. The Morgan fingerprint density at radius 2 is 2.06 bits per heavy atom. The number of hydrogen-bond donors (Lipinski definition) is 1. The van der Waals surface area contributed by atoms with E-state index >= 15 is 0 Å². The van der Waals surface area contributed by atoms with E-state index < -0.39 is 0 Å². The van der Waals surface area contributed by atoms with Crippen LogP contribution in [0.3, 0.4) is 0 Å². The number of nitrogens with zero attached hydrogens (tertiary/aromatic N) is 1. The van der Waals surface area contributed by atoms with Gasteiger partial charge in [0.2, 0.25) is 0 Å². The van der Waals surface area contributed by atoms with Crippen LogP contribution in [-0.2, 0) is 4.74 Å². The van der Waals surface area contributed by atoms with Crippen LogP contribution in [0.1, 0.15) is 18.9 Å². The lowest BCUT2D eigenvalue weighted by molar-refractivity contribution is 0.191. The minimum Gasteiger partial charge on any atom is -0.385 e. The highest BCUT2D eigenvalue weighted by Crippen LogP contribution is 2.25. The molecule has 0 bridgehead atoms. The number of anilines is 2. The second kappa shape index (κ2) is 6.50. The van der Waals surface area contributed by atoms with Crippen LogP contribution < -0.4 is 10.2 Å². The first kappa shape index (κ1) is 13.8. The Bertz CT molecular complexity index is 350. The molecule has 1 aromatic rings. The molecule has 0 fully saturated rings. The third-order valence-electron chi connectivity index (χ3n) is 2.94. The predicted octanol–water partition coefficient (Wildman–Crippen LogP) is 2.90. The van der Waals surface area contributed by atoms with Gasteiger partial charge in [0.25, 0.3) is 0 Å². The van der Waals surface area contributed by atoms with Crippen molar-refractivity contribution in [3.8, 4) is 0 Å². The van der Waals surface area contributed by atoms with Gasteiger partial charge in [-0.3, -0.25) is 0 Å². The maximum atomic E-state index is 5.09. The second-order valence-corrected chi connectivity index (χ2v) is 4.67. The van der Waals surface area contributed by atoms with E-state index in [4.69, 9.17) is 4.74 Å². The average Bonchev–Trinajstić information content (AvgIpc) is 2.28. The van der Waals surface area contributed by atoms with Gasteiger partial charge >= 0.3 is 0 Å². The van der Waals surface area contributed by atoms with Crippen molar-refractivity contribution >= 4 is 11.4 Å². The molecule has 0 saturated carbocycles. The molecule has 0 heterocycles. The van der Waals surface area contributed by atoms with Crippen LogP contribution in [0.2, 0.25) is 0 Å². The van der Waals surface area contributed by atoms with Crippen LogP contribution in [0.25, 0.3) is 0 Å². The zero-order valence-electron chi connectivity index (χ0n) is 11.6. The number of methoxy groups -OCH3 is 1. The van der Waals surface area contributed by atoms with Crippen LogP contribution >= 0.6 is 0 Å². The summed E-state index contributed by atoms with van der Waals surface area (Å²) >= 11 is 0. The van der Waals surface area contributed by atoms with Gasteiger partial charge in [-0.1, -0.05) is 6.07 Å². The topological polar surface area (TPSA) is 24.5 Å². The van der Waals surface area contributed by atoms with Gasteiger partial charge in [0.15, 0.2) is 0 Å². The molecule has 96 valence electrons. The lowest BCUT2D eigenvalue weighted by Gasteiger charge is -2.21. The molecule has 0 amide bonds. The smallest absolute Gasteiger partial charge is 0.0481 e. The normalized spacial score (nSPS) is 12.3. The van der Waals surface area contributed by atoms with Crippen LogP contribution in [-0.4, -0.2) is 33.9 Å². The van der Waals surface area contributed by atoms with Crippen molar-refractivity contribution in [1.29, 1.82) is 0 Å². The molecule has 1 N–H and O–H groups in total. The van der Waals surface area contributed by atoms with Crippen molar-refractivity contribution in [3.63, 3.8) is 0 Å². The molecule has 0 aliphatic carbocycles. The van der Waals surface area contributed by atoms with Crippen LogP contribution in [0.5, 0.6) is 0 Å². The number of hydrogen-bond acceptors (Lipinski definition) is 3. The summed E-state index contributed by atoms with van der Waals surface area (Å²) < 4.78 is 5.09. The van der Waals surface area contributed by atoms with E-state index in [1.165, 1.54) is 16.9 Å². The minimum atomic E-state index is 0.422. The molecule has 0 radical (unpaired) electrons. The van der Waals surface area contributed by atoms with Crippen molar-refractivity contribution in [2.45, 2.75) is 26.3 Å². The first-order valence-electron chi connectivity index (χ1n) is 6.08. The Hall–Kier alpha value is -1.22. The van der Waals surface area contributed by atoms with E-state index in [1.54, 1.807) is 7.11 Å². The Kier molecular flexibility index (Phi) is 5.29. The maximum absolute atomic E-state index is 5.09. The number of nitrogens with one attached hydrogen (secondary N) is 1. The van der Waals surface area contributed by atoms with Gasteiger partial charge in [-0.15, -0.1) is 0 Å². The van der Waals surface area contributed by atoms with Crippen molar-refractivity contribution in [2.75, 3.05) is 38.0 Å². The van der Waals surface area contributed by atoms with Crippen LogP contribution in [0.15, 0.2) is 18.2 Å². The highest BCUT2D eigenvalue weighted by Gasteiger charge is 2.07. The van der Waals surface area contributed by atoms with Gasteiger partial charge in [-0.05, 0) is 38.0 Å². The van der Waals surface area contributed by atoms with Gasteiger partial charge in [0, 0.05) is 45.2 Å². The fraction of sp³-hybridized carbons (Fsp3) is 0.571. The SMILES string of the molecule is COCC[C@H](C)Nc1cccc(N(C)C)c1C. The molecule has 0 aliphatic heterocycles. The predicted molar refractivity (Wildman–Crippen MR) is 75.1 cm³/mol. The number of ether oxygens (including phenoxy) is 1. The lowest BCUT2D eigenvalue weighted by atomic mass is 10.1. The second-order valence-electron chi connectivity index (χ2n) is 4.67. The molecule has 3 nitrogen and oxygen atoms in total. The summed E-state index contributed by atoms with van der Waals surface area (Å²) in [7, 11) is 5.88. The molecule has 0 unspecified atom stereocenters. The molecule has 1 atom stereocenters. The largest absolute Gasteiger partial charge is 0.385 e. The molecule has 0 aliphatic rings. The zero-order chi connectivity index (χ0) is 12.8. The van der Waals surface area contributed by atoms with E-state index in [-0.39, 0.29) is 0 Å². The third kappa shape index (κ3) is 3.93. The standard InChI is InChI=1S/C14H24N2O/c1-11(9-10-17-5)15-13-7-6-8-14(12(13)2)16(3)4/h6-8,11,15H,9-10H2,1-5H3/t11-/m0/s1. The van der Waals surface area contributed by atoms with Gasteiger partial charge in [-0.25, -0.2) is 0 Å². The van der Waals surface area contributed by atoms with Crippen molar-refractivity contribution in [3.05, 3.63) is 23.8 Å². The maximum Gasteiger partial charge on any atom is 0.0481 e. The molecule has 3 heteroatoms. The fourth-order valence-corrected chi connectivity index (χ4v) is 1.90.